The fourth-order valence-corrected chi connectivity index (χ4v) is 1.48. The van der Waals surface area contributed by atoms with Gasteiger partial charge in [-0.2, -0.15) is 13.2 Å². The highest BCUT2D eigenvalue weighted by Gasteiger charge is 2.34. The third-order valence-electron chi connectivity index (χ3n) is 2.28. The molecule has 0 aliphatic rings. The number of hydrogen-bond donors (Lipinski definition) is 1. The van der Waals surface area contributed by atoms with Gasteiger partial charge in [0.25, 0.3) is 5.69 Å². The first-order chi connectivity index (χ1) is 7.29. The van der Waals surface area contributed by atoms with Crippen LogP contribution in [0.3, 0.4) is 0 Å². The van der Waals surface area contributed by atoms with Gasteiger partial charge in [-0.05, 0) is 18.6 Å². The van der Waals surface area contributed by atoms with Crippen molar-refractivity contribution in [2.75, 3.05) is 0 Å². The maximum Gasteiger partial charge on any atom is 0.416 e. The minimum atomic E-state index is -4.52. The molecule has 2 N–H and O–H groups in total. The van der Waals surface area contributed by atoms with Gasteiger partial charge in [0.15, 0.2) is 0 Å². The molecule has 0 saturated carbocycles. The van der Waals surface area contributed by atoms with Crippen LogP contribution in [0.4, 0.5) is 18.9 Å². The first-order valence-corrected chi connectivity index (χ1v) is 4.33. The van der Waals surface area contributed by atoms with Crippen LogP contribution in [0.5, 0.6) is 0 Å². The molecular formula is C9H9F3N2O2. The summed E-state index contributed by atoms with van der Waals surface area (Å²) in [5.41, 5.74) is 3.68. The first-order valence-electron chi connectivity index (χ1n) is 4.33. The van der Waals surface area contributed by atoms with E-state index in [1.807, 2.05) is 0 Å². The Hall–Kier alpha value is -1.63. The maximum absolute atomic E-state index is 12.5. The second-order valence-electron chi connectivity index (χ2n) is 3.19. The molecule has 1 rings (SSSR count). The van der Waals surface area contributed by atoms with Crippen LogP contribution in [0.1, 0.15) is 16.7 Å². The number of nitro benzene ring substituents is 1. The van der Waals surface area contributed by atoms with Gasteiger partial charge >= 0.3 is 6.18 Å². The van der Waals surface area contributed by atoms with E-state index >= 15 is 0 Å². The van der Waals surface area contributed by atoms with Gasteiger partial charge in [0.05, 0.1) is 10.5 Å². The van der Waals surface area contributed by atoms with Crippen LogP contribution in [0.25, 0.3) is 0 Å². The molecule has 0 fully saturated rings. The van der Waals surface area contributed by atoms with Gasteiger partial charge in [-0.1, -0.05) is 0 Å². The number of halogens is 3. The van der Waals surface area contributed by atoms with E-state index in [-0.39, 0.29) is 23.4 Å². The van der Waals surface area contributed by atoms with Gasteiger partial charge < -0.3 is 5.73 Å². The molecule has 0 spiro atoms. The number of rotatable bonds is 2. The fraction of sp³-hybridized carbons (Fsp3) is 0.333. The van der Waals surface area contributed by atoms with E-state index in [4.69, 9.17) is 5.73 Å². The highest BCUT2D eigenvalue weighted by molar-refractivity contribution is 5.49. The highest BCUT2D eigenvalue weighted by Crippen LogP contribution is 2.35. The van der Waals surface area contributed by atoms with Crippen molar-refractivity contribution >= 4 is 5.69 Å². The minimum absolute atomic E-state index is 0.0835. The normalized spacial score (nSPS) is 11.6. The Morgan fingerprint density at radius 1 is 1.44 bits per heavy atom. The average Bonchev–Trinajstić information content (AvgIpc) is 2.14. The zero-order chi connectivity index (χ0) is 12.5. The number of nitro groups is 1. The van der Waals surface area contributed by atoms with Crippen molar-refractivity contribution in [2.45, 2.75) is 19.6 Å². The van der Waals surface area contributed by atoms with E-state index in [0.717, 1.165) is 6.07 Å². The second-order valence-corrected chi connectivity index (χ2v) is 3.19. The zero-order valence-corrected chi connectivity index (χ0v) is 8.34. The molecular weight excluding hydrogens is 225 g/mol. The number of nitrogens with zero attached hydrogens (tertiary/aromatic N) is 1. The lowest BCUT2D eigenvalue weighted by Crippen LogP contribution is -2.12. The van der Waals surface area contributed by atoms with Crippen LogP contribution in [0.2, 0.25) is 0 Å². The third kappa shape index (κ3) is 2.13. The molecule has 0 saturated heterocycles. The van der Waals surface area contributed by atoms with E-state index in [1.165, 1.54) is 6.92 Å². The molecule has 0 aliphatic carbocycles. The van der Waals surface area contributed by atoms with Gasteiger partial charge in [0.1, 0.15) is 0 Å². The Kier molecular flexibility index (Phi) is 3.18. The van der Waals surface area contributed by atoms with E-state index in [1.54, 1.807) is 0 Å². The monoisotopic (exact) mass is 234 g/mol. The molecule has 0 atom stereocenters. The highest BCUT2D eigenvalue weighted by atomic mass is 19.4. The van der Waals surface area contributed by atoms with Crippen LogP contribution < -0.4 is 5.73 Å². The molecule has 1 aromatic carbocycles. The molecule has 0 heterocycles. The molecule has 0 aliphatic heterocycles. The molecule has 4 nitrogen and oxygen atoms in total. The number of benzene rings is 1. The van der Waals surface area contributed by atoms with Crippen LogP contribution in [-0.4, -0.2) is 4.92 Å². The first kappa shape index (κ1) is 12.4. The van der Waals surface area contributed by atoms with E-state index < -0.39 is 16.7 Å². The summed E-state index contributed by atoms with van der Waals surface area (Å²) >= 11 is 0. The van der Waals surface area contributed by atoms with Gasteiger partial charge in [0, 0.05) is 18.2 Å². The standard InChI is InChI=1S/C9H9F3N2O2/c1-5-6(4-13)8(14(15)16)3-2-7(5)9(10,11)12/h2-3H,4,13H2,1H3. The Bertz CT molecular complexity index is 429. The van der Waals surface area contributed by atoms with Crippen LogP contribution in [-0.2, 0) is 12.7 Å². The summed E-state index contributed by atoms with van der Waals surface area (Å²) in [7, 11) is 0. The third-order valence-corrected chi connectivity index (χ3v) is 2.28. The lowest BCUT2D eigenvalue weighted by Gasteiger charge is -2.13. The zero-order valence-electron chi connectivity index (χ0n) is 8.34. The SMILES string of the molecule is Cc1c(C(F)(F)F)ccc([N+](=O)[O-])c1CN. The van der Waals surface area contributed by atoms with Crippen LogP contribution in [0.15, 0.2) is 12.1 Å². The molecule has 0 radical (unpaired) electrons. The van der Waals surface area contributed by atoms with E-state index in [0.29, 0.717) is 6.07 Å². The van der Waals surface area contributed by atoms with Crippen molar-refractivity contribution in [3.8, 4) is 0 Å². The lowest BCUT2D eigenvalue weighted by molar-refractivity contribution is -0.385. The molecule has 0 bridgehead atoms. The predicted molar refractivity (Wildman–Crippen MR) is 50.7 cm³/mol. The summed E-state index contributed by atoms with van der Waals surface area (Å²) in [5, 5.41) is 10.6. The van der Waals surface area contributed by atoms with Crippen molar-refractivity contribution in [3.63, 3.8) is 0 Å². The van der Waals surface area contributed by atoms with Crippen LogP contribution >= 0.6 is 0 Å². The smallest absolute Gasteiger partial charge is 0.326 e. The summed E-state index contributed by atoms with van der Waals surface area (Å²) in [6.07, 6.45) is -4.52. The van der Waals surface area contributed by atoms with E-state index in [9.17, 15) is 23.3 Å². The fourth-order valence-electron chi connectivity index (χ4n) is 1.48. The molecule has 7 heteroatoms. The van der Waals surface area contributed by atoms with Gasteiger partial charge in [-0.3, -0.25) is 10.1 Å². The second kappa shape index (κ2) is 4.09. The Balaban J connectivity index is 3.46. The molecule has 0 amide bonds. The predicted octanol–water partition coefficient (Wildman–Crippen LogP) is 2.38. The topological polar surface area (TPSA) is 69.2 Å². The molecule has 16 heavy (non-hydrogen) atoms. The number of nitrogens with two attached hydrogens (primary N) is 1. The summed E-state index contributed by atoms with van der Waals surface area (Å²) in [5.74, 6) is 0. The van der Waals surface area contributed by atoms with Crippen LogP contribution in [0, 0.1) is 17.0 Å². The molecule has 1 aromatic rings. The van der Waals surface area contributed by atoms with Crippen molar-refractivity contribution in [3.05, 3.63) is 38.9 Å². The van der Waals surface area contributed by atoms with Gasteiger partial charge in [-0.15, -0.1) is 0 Å². The average molecular weight is 234 g/mol. The van der Waals surface area contributed by atoms with Gasteiger partial charge in [0.2, 0.25) is 0 Å². The molecule has 88 valence electrons. The van der Waals surface area contributed by atoms with Crippen molar-refractivity contribution < 1.29 is 18.1 Å². The molecule has 0 unspecified atom stereocenters. The number of hydrogen-bond acceptors (Lipinski definition) is 3. The largest absolute Gasteiger partial charge is 0.416 e. The lowest BCUT2D eigenvalue weighted by atomic mass is 10.00. The summed E-state index contributed by atoms with van der Waals surface area (Å²) < 4.78 is 37.5. The van der Waals surface area contributed by atoms with E-state index in [2.05, 4.69) is 0 Å². The van der Waals surface area contributed by atoms with Crippen molar-refractivity contribution in [2.24, 2.45) is 5.73 Å². The Morgan fingerprint density at radius 3 is 2.38 bits per heavy atom. The summed E-state index contributed by atoms with van der Waals surface area (Å²) in [6, 6.07) is 1.53. The van der Waals surface area contributed by atoms with Crippen molar-refractivity contribution in [1.82, 2.24) is 0 Å². The molecule has 0 aromatic heterocycles. The maximum atomic E-state index is 12.5. The Labute approximate surface area is 89.0 Å². The summed E-state index contributed by atoms with van der Waals surface area (Å²) in [4.78, 5) is 9.82. The minimum Gasteiger partial charge on any atom is -0.326 e. The van der Waals surface area contributed by atoms with Gasteiger partial charge in [-0.25, -0.2) is 0 Å². The number of alkyl halides is 3. The Morgan fingerprint density at radius 2 is 2.00 bits per heavy atom. The van der Waals surface area contributed by atoms with Crippen molar-refractivity contribution in [1.29, 1.82) is 0 Å². The summed E-state index contributed by atoms with van der Waals surface area (Å²) in [6.45, 7) is 0.879. The quantitative estimate of drug-likeness (QED) is 0.630.